The highest BCUT2D eigenvalue weighted by molar-refractivity contribution is 6.04. The van der Waals surface area contributed by atoms with Crippen LogP contribution in [0.25, 0.3) is 21.8 Å². The SMILES string of the molecule is COc1ccc(CNc2cnc3[nH]c(=O)c4ccccc4c3c2)cc1. The maximum Gasteiger partial charge on any atom is 0.257 e. The zero-order valence-corrected chi connectivity index (χ0v) is 13.7. The zero-order valence-electron chi connectivity index (χ0n) is 13.7. The van der Waals surface area contributed by atoms with Gasteiger partial charge in [-0.2, -0.15) is 0 Å². The van der Waals surface area contributed by atoms with E-state index >= 15 is 0 Å². The molecule has 0 amide bonds. The van der Waals surface area contributed by atoms with E-state index in [-0.39, 0.29) is 5.56 Å². The lowest BCUT2D eigenvalue weighted by molar-refractivity contribution is 0.414. The van der Waals surface area contributed by atoms with Crippen LogP contribution >= 0.6 is 0 Å². The number of hydrogen-bond donors (Lipinski definition) is 2. The molecule has 0 aliphatic heterocycles. The van der Waals surface area contributed by atoms with Gasteiger partial charge < -0.3 is 15.0 Å². The standard InChI is InChI=1S/C20H17N3O2/c1-25-15-8-6-13(7-9-15)11-21-14-10-18-16-4-2-3-5-17(16)20(24)23-19(18)22-12-14/h2-10,12,21H,11H2,1H3,(H,22,23,24). The summed E-state index contributed by atoms with van der Waals surface area (Å²) in [5, 5.41) is 5.88. The number of aromatic nitrogens is 2. The minimum Gasteiger partial charge on any atom is -0.497 e. The molecule has 0 saturated heterocycles. The molecule has 0 spiro atoms. The molecular weight excluding hydrogens is 314 g/mol. The van der Waals surface area contributed by atoms with Gasteiger partial charge in [-0.15, -0.1) is 0 Å². The number of ether oxygens (including phenoxy) is 1. The number of benzene rings is 2. The first-order chi connectivity index (χ1) is 12.2. The highest BCUT2D eigenvalue weighted by Crippen LogP contribution is 2.23. The van der Waals surface area contributed by atoms with Crippen LogP contribution in [0, 0.1) is 0 Å². The number of nitrogens with zero attached hydrogens (tertiary/aromatic N) is 1. The van der Waals surface area contributed by atoms with Crippen molar-refractivity contribution in [2.45, 2.75) is 6.54 Å². The van der Waals surface area contributed by atoms with Gasteiger partial charge in [0.1, 0.15) is 11.4 Å². The Bertz CT molecular complexity index is 1100. The summed E-state index contributed by atoms with van der Waals surface area (Å²) in [7, 11) is 1.66. The maximum absolute atomic E-state index is 12.1. The number of pyridine rings is 2. The number of fused-ring (bicyclic) bond motifs is 3. The monoisotopic (exact) mass is 331 g/mol. The van der Waals surface area contributed by atoms with Crippen LogP contribution in [-0.4, -0.2) is 17.1 Å². The number of hydrogen-bond acceptors (Lipinski definition) is 4. The van der Waals surface area contributed by atoms with Crippen LogP contribution < -0.4 is 15.6 Å². The predicted molar refractivity (Wildman–Crippen MR) is 100 cm³/mol. The molecular formula is C20H17N3O2. The molecule has 5 heteroatoms. The first-order valence-electron chi connectivity index (χ1n) is 8.02. The van der Waals surface area contributed by atoms with E-state index in [0.717, 1.165) is 27.8 Å². The number of anilines is 1. The number of nitrogens with one attached hydrogen (secondary N) is 2. The second-order valence-corrected chi connectivity index (χ2v) is 5.82. The number of aromatic amines is 1. The molecule has 0 saturated carbocycles. The molecule has 0 aliphatic carbocycles. The van der Waals surface area contributed by atoms with Crippen LogP contribution in [0.2, 0.25) is 0 Å². The first kappa shape index (κ1) is 15.2. The Morgan fingerprint density at radius 3 is 2.56 bits per heavy atom. The van der Waals surface area contributed by atoms with Crippen molar-refractivity contribution in [1.29, 1.82) is 0 Å². The normalized spacial score (nSPS) is 10.9. The van der Waals surface area contributed by atoms with Crippen LogP contribution in [0.1, 0.15) is 5.56 Å². The number of methoxy groups -OCH3 is 1. The largest absolute Gasteiger partial charge is 0.497 e. The van der Waals surface area contributed by atoms with Gasteiger partial charge in [0.05, 0.1) is 19.0 Å². The van der Waals surface area contributed by atoms with Crippen molar-refractivity contribution in [2.24, 2.45) is 0 Å². The van der Waals surface area contributed by atoms with Gasteiger partial charge in [-0.25, -0.2) is 4.98 Å². The number of rotatable bonds is 4. The van der Waals surface area contributed by atoms with Crippen molar-refractivity contribution in [2.75, 3.05) is 12.4 Å². The third kappa shape index (κ3) is 2.92. The van der Waals surface area contributed by atoms with Crippen LogP contribution in [0.5, 0.6) is 5.75 Å². The van der Waals surface area contributed by atoms with Crippen molar-refractivity contribution >= 4 is 27.5 Å². The summed E-state index contributed by atoms with van der Waals surface area (Å²) >= 11 is 0. The van der Waals surface area contributed by atoms with Gasteiger partial charge in [0, 0.05) is 17.3 Å². The smallest absolute Gasteiger partial charge is 0.257 e. The minimum atomic E-state index is -0.116. The Morgan fingerprint density at radius 1 is 1.04 bits per heavy atom. The summed E-state index contributed by atoms with van der Waals surface area (Å²) < 4.78 is 5.17. The molecule has 2 aromatic heterocycles. The van der Waals surface area contributed by atoms with E-state index in [1.165, 1.54) is 0 Å². The lowest BCUT2D eigenvalue weighted by Gasteiger charge is -2.09. The average molecular weight is 331 g/mol. The predicted octanol–water partition coefficient (Wildman–Crippen LogP) is 3.70. The molecule has 4 aromatic rings. The van der Waals surface area contributed by atoms with Gasteiger partial charge in [0.25, 0.3) is 5.56 Å². The van der Waals surface area contributed by atoms with Crippen molar-refractivity contribution in [3.8, 4) is 5.75 Å². The van der Waals surface area contributed by atoms with Gasteiger partial charge in [0.2, 0.25) is 0 Å². The summed E-state index contributed by atoms with van der Waals surface area (Å²) in [6.07, 6.45) is 1.73. The second kappa shape index (κ2) is 6.28. The van der Waals surface area contributed by atoms with Crippen LogP contribution in [-0.2, 0) is 6.54 Å². The maximum atomic E-state index is 12.1. The molecule has 0 bridgehead atoms. The summed E-state index contributed by atoms with van der Waals surface area (Å²) in [5.74, 6) is 0.839. The third-order valence-electron chi connectivity index (χ3n) is 4.24. The quantitative estimate of drug-likeness (QED) is 0.560. The van der Waals surface area contributed by atoms with E-state index in [0.29, 0.717) is 17.6 Å². The fraction of sp³-hybridized carbons (Fsp3) is 0.100. The lowest BCUT2D eigenvalue weighted by atomic mass is 10.1. The molecule has 2 aromatic carbocycles. The summed E-state index contributed by atoms with van der Waals surface area (Å²) in [6, 6.07) is 17.5. The summed E-state index contributed by atoms with van der Waals surface area (Å²) in [5.41, 5.74) is 2.53. The van der Waals surface area contributed by atoms with E-state index in [1.54, 1.807) is 13.3 Å². The Kier molecular flexibility index (Phi) is 3.82. The first-order valence-corrected chi connectivity index (χ1v) is 8.02. The molecule has 25 heavy (non-hydrogen) atoms. The van der Waals surface area contributed by atoms with Crippen molar-refractivity contribution in [1.82, 2.24) is 9.97 Å². The molecule has 2 N–H and O–H groups in total. The molecule has 2 heterocycles. The van der Waals surface area contributed by atoms with E-state index in [9.17, 15) is 4.79 Å². The highest BCUT2D eigenvalue weighted by atomic mass is 16.5. The van der Waals surface area contributed by atoms with Gasteiger partial charge in [-0.05, 0) is 35.2 Å². The van der Waals surface area contributed by atoms with Crippen molar-refractivity contribution in [3.63, 3.8) is 0 Å². The molecule has 0 fully saturated rings. The van der Waals surface area contributed by atoms with Crippen LogP contribution in [0.15, 0.2) is 65.6 Å². The minimum absolute atomic E-state index is 0.116. The lowest BCUT2D eigenvalue weighted by Crippen LogP contribution is -2.07. The van der Waals surface area contributed by atoms with Gasteiger partial charge in [-0.3, -0.25) is 4.79 Å². The topological polar surface area (TPSA) is 67.0 Å². The molecule has 0 unspecified atom stereocenters. The van der Waals surface area contributed by atoms with E-state index in [1.807, 2.05) is 54.6 Å². The van der Waals surface area contributed by atoms with E-state index < -0.39 is 0 Å². The Hall–Kier alpha value is -3.34. The van der Waals surface area contributed by atoms with Crippen LogP contribution in [0.4, 0.5) is 5.69 Å². The molecule has 0 radical (unpaired) electrons. The fourth-order valence-electron chi connectivity index (χ4n) is 2.90. The third-order valence-corrected chi connectivity index (χ3v) is 4.24. The Labute approximate surface area is 144 Å². The van der Waals surface area contributed by atoms with Crippen molar-refractivity contribution in [3.05, 3.63) is 76.7 Å². The Morgan fingerprint density at radius 2 is 1.80 bits per heavy atom. The van der Waals surface area contributed by atoms with Gasteiger partial charge in [-0.1, -0.05) is 30.3 Å². The van der Waals surface area contributed by atoms with Gasteiger partial charge in [0.15, 0.2) is 0 Å². The van der Waals surface area contributed by atoms with Gasteiger partial charge >= 0.3 is 0 Å². The average Bonchev–Trinajstić information content (AvgIpc) is 2.67. The van der Waals surface area contributed by atoms with E-state index in [4.69, 9.17) is 4.74 Å². The molecule has 5 nitrogen and oxygen atoms in total. The fourth-order valence-corrected chi connectivity index (χ4v) is 2.90. The molecule has 0 atom stereocenters. The molecule has 0 aliphatic rings. The Balaban J connectivity index is 1.67. The van der Waals surface area contributed by atoms with Crippen LogP contribution in [0.3, 0.4) is 0 Å². The molecule has 124 valence electrons. The second-order valence-electron chi connectivity index (χ2n) is 5.82. The summed E-state index contributed by atoms with van der Waals surface area (Å²) in [4.78, 5) is 19.4. The number of H-pyrrole nitrogens is 1. The van der Waals surface area contributed by atoms with Crippen molar-refractivity contribution < 1.29 is 4.74 Å². The highest BCUT2D eigenvalue weighted by Gasteiger charge is 2.06. The van der Waals surface area contributed by atoms with E-state index in [2.05, 4.69) is 15.3 Å². The molecule has 4 rings (SSSR count). The summed E-state index contributed by atoms with van der Waals surface area (Å²) in [6.45, 7) is 0.679. The zero-order chi connectivity index (χ0) is 17.2.